The standard InChI is InChI=1S/C16H26N2O/c1-11-8-7-9-13(10-11)12(2)18-14(19)15(3,4)16(5,6)17/h7-10,12H,17H2,1-6H3,(H,18,19)/t12-/m1/s1. The van der Waals surface area contributed by atoms with E-state index in [1.165, 1.54) is 5.56 Å². The van der Waals surface area contributed by atoms with Crippen LogP contribution in [0.15, 0.2) is 24.3 Å². The molecule has 0 aliphatic carbocycles. The molecule has 1 aromatic rings. The summed E-state index contributed by atoms with van der Waals surface area (Å²) in [6.45, 7) is 11.6. The summed E-state index contributed by atoms with van der Waals surface area (Å²) in [5, 5.41) is 3.05. The molecule has 0 saturated heterocycles. The number of nitrogens with one attached hydrogen (secondary N) is 1. The molecule has 0 saturated carbocycles. The van der Waals surface area contributed by atoms with E-state index in [1.807, 2.05) is 59.7 Å². The number of hydrogen-bond acceptors (Lipinski definition) is 2. The third-order valence-electron chi connectivity index (χ3n) is 4.07. The summed E-state index contributed by atoms with van der Waals surface area (Å²) in [4.78, 5) is 12.4. The van der Waals surface area contributed by atoms with Gasteiger partial charge in [0.2, 0.25) is 5.91 Å². The molecule has 0 spiro atoms. The fourth-order valence-electron chi connectivity index (χ4n) is 1.69. The van der Waals surface area contributed by atoms with Crippen LogP contribution in [0.2, 0.25) is 0 Å². The van der Waals surface area contributed by atoms with Gasteiger partial charge in [-0.05, 0) is 47.1 Å². The first-order valence-corrected chi connectivity index (χ1v) is 6.72. The second-order valence-electron chi connectivity index (χ2n) is 6.46. The third-order valence-corrected chi connectivity index (χ3v) is 4.07. The molecule has 0 unspecified atom stereocenters. The molecule has 3 nitrogen and oxygen atoms in total. The van der Waals surface area contributed by atoms with Crippen molar-refractivity contribution in [2.75, 3.05) is 0 Å². The lowest BCUT2D eigenvalue weighted by molar-refractivity contribution is -0.132. The first-order chi connectivity index (χ1) is 8.55. The van der Waals surface area contributed by atoms with Crippen molar-refractivity contribution < 1.29 is 4.79 Å². The Bertz CT molecular complexity index is 458. The van der Waals surface area contributed by atoms with Crippen LogP contribution >= 0.6 is 0 Å². The highest BCUT2D eigenvalue weighted by Gasteiger charge is 2.40. The van der Waals surface area contributed by atoms with Crippen molar-refractivity contribution in [3.63, 3.8) is 0 Å². The van der Waals surface area contributed by atoms with Gasteiger partial charge in [0.05, 0.1) is 11.5 Å². The first kappa shape index (κ1) is 15.7. The molecular formula is C16H26N2O. The fraction of sp³-hybridized carbons (Fsp3) is 0.562. The van der Waals surface area contributed by atoms with Gasteiger partial charge in [-0.15, -0.1) is 0 Å². The van der Waals surface area contributed by atoms with E-state index < -0.39 is 11.0 Å². The number of rotatable bonds is 4. The van der Waals surface area contributed by atoms with Crippen molar-refractivity contribution in [2.45, 2.75) is 53.1 Å². The van der Waals surface area contributed by atoms with Gasteiger partial charge >= 0.3 is 0 Å². The zero-order chi connectivity index (χ0) is 14.8. The maximum atomic E-state index is 12.4. The second kappa shape index (κ2) is 5.33. The molecule has 0 fully saturated rings. The number of benzene rings is 1. The molecule has 0 heterocycles. The van der Waals surface area contributed by atoms with E-state index in [9.17, 15) is 4.79 Å². The Kier molecular flexibility index (Phi) is 4.41. The maximum Gasteiger partial charge on any atom is 0.227 e. The Hall–Kier alpha value is -1.35. The van der Waals surface area contributed by atoms with Crippen LogP contribution in [0, 0.1) is 12.3 Å². The molecule has 0 aliphatic rings. The van der Waals surface area contributed by atoms with Crippen molar-refractivity contribution >= 4 is 5.91 Å². The van der Waals surface area contributed by atoms with E-state index in [0.717, 1.165) is 5.56 Å². The SMILES string of the molecule is Cc1cccc([C@@H](C)NC(=O)C(C)(C)C(C)(C)N)c1. The largest absolute Gasteiger partial charge is 0.349 e. The lowest BCUT2D eigenvalue weighted by Gasteiger charge is -2.37. The van der Waals surface area contributed by atoms with Crippen LogP contribution in [-0.4, -0.2) is 11.4 Å². The van der Waals surface area contributed by atoms with Crippen LogP contribution in [-0.2, 0) is 4.79 Å². The minimum atomic E-state index is -0.620. The van der Waals surface area contributed by atoms with Gasteiger partial charge in [0.15, 0.2) is 0 Å². The maximum absolute atomic E-state index is 12.4. The van der Waals surface area contributed by atoms with Crippen molar-refractivity contribution in [2.24, 2.45) is 11.1 Å². The molecule has 1 atom stereocenters. The van der Waals surface area contributed by atoms with Gasteiger partial charge in [-0.2, -0.15) is 0 Å². The van der Waals surface area contributed by atoms with E-state index in [-0.39, 0.29) is 11.9 Å². The normalized spacial score (nSPS) is 14.1. The number of carbonyl (C=O) groups excluding carboxylic acids is 1. The number of nitrogens with two attached hydrogens (primary N) is 1. The lowest BCUT2D eigenvalue weighted by Crippen LogP contribution is -2.55. The summed E-state index contributed by atoms with van der Waals surface area (Å²) in [7, 11) is 0. The summed E-state index contributed by atoms with van der Waals surface area (Å²) in [6, 6.07) is 8.15. The van der Waals surface area contributed by atoms with Crippen LogP contribution in [0.5, 0.6) is 0 Å². The topological polar surface area (TPSA) is 55.1 Å². The van der Waals surface area contributed by atoms with Crippen LogP contribution in [0.1, 0.15) is 51.8 Å². The molecule has 3 N–H and O–H groups in total. The van der Waals surface area contributed by atoms with Gasteiger partial charge in [0.25, 0.3) is 0 Å². The summed E-state index contributed by atoms with van der Waals surface area (Å²) < 4.78 is 0. The van der Waals surface area contributed by atoms with Crippen molar-refractivity contribution in [3.8, 4) is 0 Å². The van der Waals surface area contributed by atoms with E-state index in [0.29, 0.717) is 0 Å². The molecule has 19 heavy (non-hydrogen) atoms. The minimum Gasteiger partial charge on any atom is -0.349 e. The first-order valence-electron chi connectivity index (χ1n) is 6.72. The quantitative estimate of drug-likeness (QED) is 0.876. The Morgan fingerprint density at radius 1 is 1.26 bits per heavy atom. The van der Waals surface area contributed by atoms with E-state index >= 15 is 0 Å². The van der Waals surface area contributed by atoms with Crippen molar-refractivity contribution in [1.82, 2.24) is 5.32 Å². The third kappa shape index (κ3) is 3.57. The molecule has 0 radical (unpaired) electrons. The zero-order valence-corrected chi connectivity index (χ0v) is 12.9. The smallest absolute Gasteiger partial charge is 0.227 e. The van der Waals surface area contributed by atoms with Crippen LogP contribution < -0.4 is 11.1 Å². The number of amides is 1. The number of aryl methyl sites for hydroxylation is 1. The number of carbonyl (C=O) groups is 1. The van der Waals surface area contributed by atoms with Gasteiger partial charge in [-0.1, -0.05) is 29.8 Å². The Labute approximate surface area is 116 Å². The minimum absolute atomic E-state index is 0.0194. The summed E-state index contributed by atoms with van der Waals surface area (Å²) in [5.41, 5.74) is 7.21. The molecular weight excluding hydrogens is 236 g/mol. The van der Waals surface area contributed by atoms with Gasteiger partial charge in [0.1, 0.15) is 0 Å². The van der Waals surface area contributed by atoms with E-state index in [4.69, 9.17) is 5.73 Å². The summed E-state index contributed by atoms with van der Waals surface area (Å²) in [5.74, 6) is -0.0194. The molecule has 1 amide bonds. The highest BCUT2D eigenvalue weighted by Crippen LogP contribution is 2.29. The van der Waals surface area contributed by atoms with Gasteiger partial charge in [0, 0.05) is 5.54 Å². The van der Waals surface area contributed by atoms with Crippen LogP contribution in [0.25, 0.3) is 0 Å². The van der Waals surface area contributed by atoms with Gasteiger partial charge < -0.3 is 11.1 Å². The molecule has 1 aromatic carbocycles. The average Bonchev–Trinajstić information content (AvgIpc) is 2.27. The van der Waals surface area contributed by atoms with Gasteiger partial charge in [-0.3, -0.25) is 4.79 Å². The van der Waals surface area contributed by atoms with Crippen molar-refractivity contribution in [3.05, 3.63) is 35.4 Å². The van der Waals surface area contributed by atoms with Crippen LogP contribution in [0.4, 0.5) is 0 Å². The molecule has 1 rings (SSSR count). The number of hydrogen-bond donors (Lipinski definition) is 2. The highest BCUT2D eigenvalue weighted by atomic mass is 16.2. The molecule has 0 aromatic heterocycles. The van der Waals surface area contributed by atoms with E-state index in [1.54, 1.807) is 0 Å². The molecule has 0 bridgehead atoms. The Morgan fingerprint density at radius 2 is 1.84 bits per heavy atom. The zero-order valence-electron chi connectivity index (χ0n) is 12.9. The van der Waals surface area contributed by atoms with Crippen LogP contribution in [0.3, 0.4) is 0 Å². The molecule has 3 heteroatoms. The Balaban J connectivity index is 2.83. The monoisotopic (exact) mass is 262 g/mol. The highest BCUT2D eigenvalue weighted by molar-refractivity contribution is 5.83. The van der Waals surface area contributed by atoms with Gasteiger partial charge in [-0.25, -0.2) is 0 Å². The predicted octanol–water partition coefficient (Wildman–Crippen LogP) is 2.94. The van der Waals surface area contributed by atoms with Crippen molar-refractivity contribution in [1.29, 1.82) is 0 Å². The Morgan fingerprint density at radius 3 is 2.32 bits per heavy atom. The molecule has 106 valence electrons. The van der Waals surface area contributed by atoms with E-state index in [2.05, 4.69) is 11.4 Å². The molecule has 0 aliphatic heterocycles. The second-order valence-corrected chi connectivity index (χ2v) is 6.46. The average molecular weight is 262 g/mol. The fourth-order valence-corrected chi connectivity index (χ4v) is 1.69. The summed E-state index contributed by atoms with van der Waals surface area (Å²) in [6.07, 6.45) is 0. The predicted molar refractivity (Wildman–Crippen MR) is 79.8 cm³/mol. The lowest BCUT2D eigenvalue weighted by atomic mass is 9.74. The summed E-state index contributed by atoms with van der Waals surface area (Å²) >= 11 is 0.